The second-order valence-electron chi connectivity index (χ2n) is 4.19. The number of aliphatic hydroxyl groups excluding tert-OH is 1. The average Bonchev–Trinajstić information content (AvgIpc) is 2.48. The van der Waals surface area contributed by atoms with E-state index >= 15 is 0 Å². The minimum absolute atomic E-state index is 0.390. The molecule has 0 spiro atoms. The average molecular weight is 313 g/mol. The molecule has 0 amide bonds. The van der Waals surface area contributed by atoms with Gasteiger partial charge in [0.15, 0.2) is 0 Å². The van der Waals surface area contributed by atoms with Crippen molar-refractivity contribution < 1.29 is 14.6 Å². The van der Waals surface area contributed by atoms with Crippen molar-refractivity contribution >= 4 is 23.2 Å². The third kappa shape index (κ3) is 3.01. The molecule has 0 aliphatic carbocycles. The molecule has 0 aliphatic rings. The molecule has 106 valence electrons. The van der Waals surface area contributed by atoms with Crippen LogP contribution in [0.3, 0.4) is 0 Å². The van der Waals surface area contributed by atoms with Gasteiger partial charge in [0.1, 0.15) is 17.6 Å². The van der Waals surface area contributed by atoms with E-state index in [4.69, 9.17) is 32.7 Å². The summed E-state index contributed by atoms with van der Waals surface area (Å²) in [7, 11) is 3.08. The second kappa shape index (κ2) is 6.35. The van der Waals surface area contributed by atoms with Crippen molar-refractivity contribution in [2.75, 3.05) is 14.2 Å². The summed E-state index contributed by atoms with van der Waals surface area (Å²) in [5.41, 5.74) is 1.19. The molecule has 0 aromatic heterocycles. The Hall–Kier alpha value is -1.42. The molecule has 2 aromatic carbocycles. The molecule has 1 atom stereocenters. The summed E-state index contributed by atoms with van der Waals surface area (Å²) in [5, 5.41) is 11.2. The molecule has 5 heteroatoms. The van der Waals surface area contributed by atoms with Crippen LogP contribution in [-0.2, 0) is 0 Å². The van der Waals surface area contributed by atoms with Crippen LogP contribution in [0, 0.1) is 0 Å². The third-order valence-corrected chi connectivity index (χ3v) is 3.60. The molecule has 0 saturated heterocycles. The predicted molar refractivity (Wildman–Crippen MR) is 80.1 cm³/mol. The van der Waals surface area contributed by atoms with E-state index < -0.39 is 6.10 Å². The summed E-state index contributed by atoms with van der Waals surface area (Å²) in [6.07, 6.45) is -0.888. The van der Waals surface area contributed by atoms with Gasteiger partial charge in [-0.15, -0.1) is 0 Å². The molecule has 0 heterocycles. The fourth-order valence-electron chi connectivity index (χ4n) is 1.90. The molecular weight excluding hydrogens is 299 g/mol. The van der Waals surface area contributed by atoms with Gasteiger partial charge in [-0.2, -0.15) is 0 Å². The van der Waals surface area contributed by atoms with Gasteiger partial charge in [0.2, 0.25) is 0 Å². The van der Waals surface area contributed by atoms with Gasteiger partial charge in [0.25, 0.3) is 0 Å². The Labute approximate surface area is 127 Å². The minimum Gasteiger partial charge on any atom is -0.497 e. The quantitative estimate of drug-likeness (QED) is 0.924. The van der Waals surface area contributed by atoms with Crippen molar-refractivity contribution in [2.45, 2.75) is 6.10 Å². The van der Waals surface area contributed by atoms with Gasteiger partial charge in [0, 0.05) is 11.6 Å². The number of hydrogen-bond donors (Lipinski definition) is 1. The molecule has 0 fully saturated rings. The van der Waals surface area contributed by atoms with Gasteiger partial charge >= 0.3 is 0 Å². The van der Waals surface area contributed by atoms with Crippen molar-refractivity contribution in [1.82, 2.24) is 0 Å². The summed E-state index contributed by atoms with van der Waals surface area (Å²) in [6, 6.07) is 10.3. The first-order valence-electron chi connectivity index (χ1n) is 5.91. The summed E-state index contributed by atoms with van der Waals surface area (Å²) in [4.78, 5) is 0. The van der Waals surface area contributed by atoms with Gasteiger partial charge in [-0.05, 0) is 23.8 Å². The molecule has 0 saturated carbocycles. The van der Waals surface area contributed by atoms with Gasteiger partial charge in [0.05, 0.1) is 24.3 Å². The Morgan fingerprint density at radius 3 is 2.40 bits per heavy atom. The molecule has 1 unspecified atom stereocenters. The molecule has 1 N–H and O–H groups in total. The summed E-state index contributed by atoms with van der Waals surface area (Å²) >= 11 is 12.2. The Bertz CT molecular complexity index is 614. The molecular formula is C15H14Cl2O3. The Balaban J connectivity index is 2.42. The summed E-state index contributed by atoms with van der Waals surface area (Å²) in [6.45, 7) is 0. The minimum atomic E-state index is -0.888. The highest BCUT2D eigenvalue weighted by atomic mass is 35.5. The van der Waals surface area contributed by atoms with Gasteiger partial charge in [-0.1, -0.05) is 35.3 Å². The second-order valence-corrected chi connectivity index (χ2v) is 5.00. The molecule has 20 heavy (non-hydrogen) atoms. The summed E-state index contributed by atoms with van der Waals surface area (Å²) < 4.78 is 10.2. The van der Waals surface area contributed by atoms with Crippen molar-refractivity contribution in [2.24, 2.45) is 0 Å². The van der Waals surface area contributed by atoms with E-state index in [2.05, 4.69) is 0 Å². The maximum atomic E-state index is 10.4. The van der Waals surface area contributed by atoms with E-state index in [1.165, 1.54) is 7.11 Å². The lowest BCUT2D eigenvalue weighted by Gasteiger charge is -2.15. The number of aliphatic hydroxyl groups is 1. The van der Waals surface area contributed by atoms with Crippen molar-refractivity contribution in [1.29, 1.82) is 0 Å². The van der Waals surface area contributed by atoms with Crippen LogP contribution in [0.15, 0.2) is 36.4 Å². The zero-order chi connectivity index (χ0) is 14.7. The van der Waals surface area contributed by atoms with Crippen LogP contribution in [0.4, 0.5) is 0 Å². The zero-order valence-electron chi connectivity index (χ0n) is 11.1. The third-order valence-electron chi connectivity index (χ3n) is 2.98. The maximum Gasteiger partial charge on any atom is 0.138 e. The van der Waals surface area contributed by atoms with Crippen molar-refractivity contribution in [3.63, 3.8) is 0 Å². The van der Waals surface area contributed by atoms with E-state index in [0.717, 1.165) is 0 Å². The number of ether oxygens (including phenoxy) is 2. The van der Waals surface area contributed by atoms with Crippen LogP contribution < -0.4 is 9.47 Å². The van der Waals surface area contributed by atoms with Crippen LogP contribution in [0.2, 0.25) is 10.0 Å². The van der Waals surface area contributed by atoms with Crippen LogP contribution in [-0.4, -0.2) is 19.3 Å². The SMILES string of the molecule is COc1cccc(C(O)c2cc(Cl)c(OC)cc2Cl)c1. The first-order valence-corrected chi connectivity index (χ1v) is 6.67. The van der Waals surface area contributed by atoms with E-state index in [0.29, 0.717) is 32.7 Å². The van der Waals surface area contributed by atoms with Gasteiger partial charge in [-0.25, -0.2) is 0 Å². The van der Waals surface area contributed by atoms with Crippen LogP contribution in [0.1, 0.15) is 17.2 Å². The highest BCUT2D eigenvalue weighted by molar-refractivity contribution is 6.34. The van der Waals surface area contributed by atoms with E-state index in [9.17, 15) is 5.11 Å². The van der Waals surface area contributed by atoms with E-state index in [1.807, 2.05) is 0 Å². The Kier molecular flexibility index (Phi) is 4.76. The molecule has 3 nitrogen and oxygen atoms in total. The van der Waals surface area contributed by atoms with Crippen molar-refractivity contribution in [3.05, 3.63) is 57.6 Å². The fourth-order valence-corrected chi connectivity index (χ4v) is 2.41. The van der Waals surface area contributed by atoms with Gasteiger partial charge in [-0.3, -0.25) is 0 Å². The highest BCUT2D eigenvalue weighted by Crippen LogP contribution is 2.36. The van der Waals surface area contributed by atoms with Crippen LogP contribution in [0.5, 0.6) is 11.5 Å². The molecule has 0 bridgehead atoms. The lowest BCUT2D eigenvalue weighted by Crippen LogP contribution is -2.01. The van der Waals surface area contributed by atoms with Gasteiger partial charge < -0.3 is 14.6 Å². The highest BCUT2D eigenvalue weighted by Gasteiger charge is 2.17. The fraction of sp³-hybridized carbons (Fsp3) is 0.200. The number of rotatable bonds is 4. The number of methoxy groups -OCH3 is 2. The predicted octanol–water partition coefficient (Wildman–Crippen LogP) is 4.09. The molecule has 2 aromatic rings. The topological polar surface area (TPSA) is 38.7 Å². The first kappa shape index (κ1) is 15.0. The lowest BCUT2D eigenvalue weighted by atomic mass is 10.0. The lowest BCUT2D eigenvalue weighted by molar-refractivity contribution is 0.220. The Morgan fingerprint density at radius 2 is 1.75 bits per heavy atom. The standard InChI is InChI=1S/C15H14Cl2O3/c1-19-10-5-3-4-9(6-10)15(18)11-7-13(17)14(20-2)8-12(11)16/h3-8,15,18H,1-2H3. The molecule has 2 rings (SSSR count). The largest absolute Gasteiger partial charge is 0.497 e. The molecule has 0 aliphatic heterocycles. The van der Waals surface area contributed by atoms with Crippen LogP contribution in [0.25, 0.3) is 0 Å². The van der Waals surface area contributed by atoms with E-state index in [-0.39, 0.29) is 0 Å². The number of benzene rings is 2. The first-order chi connectivity index (χ1) is 9.56. The van der Waals surface area contributed by atoms with Crippen LogP contribution >= 0.6 is 23.2 Å². The molecule has 0 radical (unpaired) electrons. The number of hydrogen-bond acceptors (Lipinski definition) is 3. The number of halogens is 2. The smallest absolute Gasteiger partial charge is 0.138 e. The normalized spacial score (nSPS) is 12.1. The zero-order valence-corrected chi connectivity index (χ0v) is 12.6. The van der Waals surface area contributed by atoms with E-state index in [1.54, 1.807) is 43.5 Å². The summed E-state index contributed by atoms with van der Waals surface area (Å²) in [5.74, 6) is 1.13. The Morgan fingerprint density at radius 1 is 1.00 bits per heavy atom. The van der Waals surface area contributed by atoms with Crippen molar-refractivity contribution in [3.8, 4) is 11.5 Å². The monoisotopic (exact) mass is 312 g/mol. The maximum absolute atomic E-state index is 10.4.